The molecular formula is C17H24N2O3. The Morgan fingerprint density at radius 2 is 1.82 bits per heavy atom. The molecule has 1 saturated carbocycles. The molecule has 22 heavy (non-hydrogen) atoms. The van der Waals surface area contributed by atoms with Gasteiger partial charge >= 0.3 is 0 Å². The number of phenolic OH excluding ortho intramolecular Hbond substituents is 1. The molecule has 0 saturated heterocycles. The van der Waals surface area contributed by atoms with E-state index in [4.69, 9.17) is 0 Å². The molecule has 0 spiro atoms. The van der Waals surface area contributed by atoms with Crippen LogP contribution in [-0.4, -0.2) is 34.4 Å². The van der Waals surface area contributed by atoms with Gasteiger partial charge in [0.25, 0.3) is 0 Å². The van der Waals surface area contributed by atoms with E-state index in [1.54, 1.807) is 12.1 Å². The summed E-state index contributed by atoms with van der Waals surface area (Å²) in [6, 6.07) is 7.16. The highest BCUT2D eigenvalue weighted by molar-refractivity contribution is 5.83. The van der Waals surface area contributed by atoms with E-state index in [0.29, 0.717) is 6.54 Å². The average Bonchev–Trinajstić information content (AvgIpc) is 2.53. The molecule has 1 aliphatic carbocycles. The quantitative estimate of drug-likeness (QED) is 0.876. The molecule has 5 nitrogen and oxygen atoms in total. The maximum Gasteiger partial charge on any atom is 0.242 e. The van der Waals surface area contributed by atoms with Crippen LogP contribution in [0.15, 0.2) is 24.3 Å². The monoisotopic (exact) mass is 304 g/mol. The minimum atomic E-state index is -0.193. The fourth-order valence-electron chi connectivity index (χ4n) is 2.91. The van der Waals surface area contributed by atoms with Gasteiger partial charge in [-0.2, -0.15) is 0 Å². The van der Waals surface area contributed by atoms with E-state index in [-0.39, 0.29) is 30.2 Å². The lowest BCUT2D eigenvalue weighted by Crippen LogP contribution is -2.45. The first-order valence-corrected chi connectivity index (χ1v) is 7.88. The molecule has 5 heteroatoms. The van der Waals surface area contributed by atoms with E-state index >= 15 is 0 Å². The lowest BCUT2D eigenvalue weighted by Gasteiger charge is -2.34. The highest BCUT2D eigenvalue weighted by atomic mass is 16.3. The number of hydrogen-bond acceptors (Lipinski definition) is 3. The van der Waals surface area contributed by atoms with E-state index < -0.39 is 0 Å². The van der Waals surface area contributed by atoms with Crippen molar-refractivity contribution in [2.24, 2.45) is 0 Å². The van der Waals surface area contributed by atoms with Gasteiger partial charge in [-0.05, 0) is 30.5 Å². The molecule has 1 aromatic carbocycles. The van der Waals surface area contributed by atoms with Crippen LogP contribution in [0.4, 0.5) is 0 Å². The van der Waals surface area contributed by atoms with Crippen molar-refractivity contribution in [2.45, 2.75) is 51.6 Å². The van der Waals surface area contributed by atoms with E-state index in [2.05, 4.69) is 5.32 Å². The van der Waals surface area contributed by atoms with Gasteiger partial charge < -0.3 is 15.3 Å². The summed E-state index contributed by atoms with van der Waals surface area (Å²) in [5.74, 6) is -0.0192. The van der Waals surface area contributed by atoms with Gasteiger partial charge in [0, 0.05) is 19.5 Å². The number of carbonyl (C=O) groups is 2. The number of carbonyl (C=O) groups excluding carboxylic acids is 2. The number of phenols is 1. The predicted molar refractivity (Wildman–Crippen MR) is 84.2 cm³/mol. The third-order valence-electron chi connectivity index (χ3n) is 4.11. The topological polar surface area (TPSA) is 69.6 Å². The fourth-order valence-corrected chi connectivity index (χ4v) is 2.91. The summed E-state index contributed by atoms with van der Waals surface area (Å²) in [5.41, 5.74) is 0.986. The maximum absolute atomic E-state index is 12.5. The Morgan fingerprint density at radius 3 is 2.41 bits per heavy atom. The minimum Gasteiger partial charge on any atom is -0.508 e. The van der Waals surface area contributed by atoms with Gasteiger partial charge in [-0.15, -0.1) is 0 Å². The van der Waals surface area contributed by atoms with Gasteiger partial charge in [-0.1, -0.05) is 31.4 Å². The number of rotatable bonds is 5. The summed E-state index contributed by atoms with van der Waals surface area (Å²) >= 11 is 0. The first kappa shape index (κ1) is 16.3. The minimum absolute atomic E-state index is 0.0456. The zero-order chi connectivity index (χ0) is 15.9. The van der Waals surface area contributed by atoms with Crippen LogP contribution in [-0.2, 0) is 16.1 Å². The Labute approximate surface area is 131 Å². The van der Waals surface area contributed by atoms with Gasteiger partial charge in [0.15, 0.2) is 0 Å². The predicted octanol–water partition coefficient (Wildman–Crippen LogP) is 2.19. The van der Waals surface area contributed by atoms with Crippen LogP contribution in [0.2, 0.25) is 0 Å². The Morgan fingerprint density at radius 1 is 1.18 bits per heavy atom. The van der Waals surface area contributed by atoms with Crippen LogP contribution in [0, 0.1) is 0 Å². The maximum atomic E-state index is 12.5. The summed E-state index contributed by atoms with van der Waals surface area (Å²) in [4.78, 5) is 25.4. The molecule has 0 atom stereocenters. The largest absolute Gasteiger partial charge is 0.508 e. The van der Waals surface area contributed by atoms with Crippen LogP contribution in [0.1, 0.15) is 44.6 Å². The van der Waals surface area contributed by atoms with Crippen molar-refractivity contribution in [2.75, 3.05) is 6.54 Å². The number of nitrogens with one attached hydrogen (secondary N) is 1. The fraction of sp³-hybridized carbons (Fsp3) is 0.529. The molecule has 1 aliphatic rings. The number of amides is 2. The summed E-state index contributed by atoms with van der Waals surface area (Å²) in [7, 11) is 0. The number of hydrogen-bond donors (Lipinski definition) is 2. The highest BCUT2D eigenvalue weighted by Gasteiger charge is 2.25. The molecule has 2 N–H and O–H groups in total. The molecule has 0 radical (unpaired) electrons. The molecule has 0 heterocycles. The summed E-state index contributed by atoms with van der Waals surface area (Å²) < 4.78 is 0. The van der Waals surface area contributed by atoms with Crippen molar-refractivity contribution in [3.05, 3.63) is 29.8 Å². The standard InChI is InChI=1S/C17H24N2O3/c1-13(20)18-11-17(22)19(15-5-3-2-4-6-15)12-14-7-9-16(21)10-8-14/h7-10,15,21H,2-6,11-12H2,1H3,(H,18,20). The molecule has 1 fully saturated rings. The Kier molecular flexibility index (Phi) is 5.81. The second-order valence-corrected chi connectivity index (χ2v) is 5.89. The first-order valence-electron chi connectivity index (χ1n) is 7.88. The van der Waals surface area contributed by atoms with E-state index in [0.717, 1.165) is 31.2 Å². The number of benzene rings is 1. The molecule has 1 aromatic rings. The molecule has 0 unspecified atom stereocenters. The van der Waals surface area contributed by atoms with Crippen LogP contribution < -0.4 is 5.32 Å². The van der Waals surface area contributed by atoms with Gasteiger partial charge in [-0.25, -0.2) is 0 Å². The first-order chi connectivity index (χ1) is 10.6. The van der Waals surface area contributed by atoms with Crippen LogP contribution >= 0.6 is 0 Å². The molecule has 120 valence electrons. The molecule has 0 bridgehead atoms. The Hall–Kier alpha value is -2.04. The van der Waals surface area contributed by atoms with Crippen molar-refractivity contribution in [3.8, 4) is 5.75 Å². The molecular weight excluding hydrogens is 280 g/mol. The van der Waals surface area contributed by atoms with Crippen molar-refractivity contribution < 1.29 is 14.7 Å². The molecule has 2 amide bonds. The summed E-state index contributed by atoms with van der Waals surface area (Å²) in [6.07, 6.45) is 5.55. The highest BCUT2D eigenvalue weighted by Crippen LogP contribution is 2.24. The number of nitrogens with zero attached hydrogens (tertiary/aromatic N) is 1. The molecule has 0 aliphatic heterocycles. The van der Waals surface area contributed by atoms with E-state index in [1.807, 2.05) is 17.0 Å². The van der Waals surface area contributed by atoms with E-state index in [9.17, 15) is 14.7 Å². The van der Waals surface area contributed by atoms with Gasteiger partial charge in [0.05, 0.1) is 6.54 Å². The number of aromatic hydroxyl groups is 1. The zero-order valence-corrected chi connectivity index (χ0v) is 13.0. The smallest absolute Gasteiger partial charge is 0.242 e. The van der Waals surface area contributed by atoms with Crippen LogP contribution in [0.3, 0.4) is 0 Å². The summed E-state index contributed by atoms with van der Waals surface area (Å²) in [6.45, 7) is 1.98. The second-order valence-electron chi connectivity index (χ2n) is 5.89. The van der Waals surface area contributed by atoms with Crippen molar-refractivity contribution in [3.63, 3.8) is 0 Å². The normalized spacial score (nSPS) is 15.3. The summed E-state index contributed by atoms with van der Waals surface area (Å²) in [5, 5.41) is 12.0. The SMILES string of the molecule is CC(=O)NCC(=O)N(Cc1ccc(O)cc1)C1CCCCC1. The second kappa shape index (κ2) is 7.82. The Bertz CT molecular complexity index is 507. The zero-order valence-electron chi connectivity index (χ0n) is 13.0. The van der Waals surface area contributed by atoms with E-state index in [1.165, 1.54) is 13.3 Å². The lowest BCUT2D eigenvalue weighted by atomic mass is 9.93. The van der Waals surface area contributed by atoms with Gasteiger partial charge in [0.1, 0.15) is 5.75 Å². The van der Waals surface area contributed by atoms with Crippen molar-refractivity contribution >= 4 is 11.8 Å². The third-order valence-corrected chi connectivity index (χ3v) is 4.11. The van der Waals surface area contributed by atoms with Crippen LogP contribution in [0.25, 0.3) is 0 Å². The van der Waals surface area contributed by atoms with Crippen molar-refractivity contribution in [1.82, 2.24) is 10.2 Å². The van der Waals surface area contributed by atoms with Crippen LogP contribution in [0.5, 0.6) is 5.75 Å². The lowest BCUT2D eigenvalue weighted by molar-refractivity contribution is -0.135. The third kappa shape index (κ3) is 4.76. The molecule has 2 rings (SSSR count). The molecule has 0 aromatic heterocycles. The van der Waals surface area contributed by atoms with Gasteiger partial charge in [-0.3, -0.25) is 9.59 Å². The average molecular weight is 304 g/mol. The Balaban J connectivity index is 2.07. The van der Waals surface area contributed by atoms with Gasteiger partial charge in [0.2, 0.25) is 11.8 Å². The van der Waals surface area contributed by atoms with Crippen molar-refractivity contribution in [1.29, 1.82) is 0 Å².